The molecule has 1 aromatic carbocycles. The van der Waals surface area contributed by atoms with E-state index in [1.54, 1.807) is 6.92 Å². The molecule has 10 heteroatoms. The van der Waals surface area contributed by atoms with Crippen LogP contribution in [0.1, 0.15) is 67.6 Å². The molecule has 1 heterocycles. The number of amides is 1. The first-order chi connectivity index (χ1) is 13.2. The van der Waals surface area contributed by atoms with E-state index in [-0.39, 0.29) is 28.8 Å². The Balaban J connectivity index is 1.85. The molecule has 2 aromatic rings. The lowest BCUT2D eigenvalue weighted by molar-refractivity contribution is 0.0909. The van der Waals surface area contributed by atoms with E-state index >= 15 is 0 Å². The van der Waals surface area contributed by atoms with Crippen LogP contribution in [0.2, 0.25) is 0 Å². The lowest BCUT2D eigenvalue weighted by Crippen LogP contribution is -2.33. The summed E-state index contributed by atoms with van der Waals surface area (Å²) in [6.45, 7) is 5.52. The van der Waals surface area contributed by atoms with Crippen LogP contribution in [-0.4, -0.2) is 31.0 Å². The Morgan fingerprint density at radius 1 is 1.36 bits per heavy atom. The summed E-state index contributed by atoms with van der Waals surface area (Å²) in [5.41, 5.74) is -0.369. The van der Waals surface area contributed by atoms with Gasteiger partial charge in [-0.15, -0.1) is 0 Å². The number of sulfonamides is 1. The number of nitrogens with zero attached hydrogens (tertiary/aromatic N) is 2. The summed E-state index contributed by atoms with van der Waals surface area (Å²) in [6.07, 6.45) is 2.02. The third-order valence-corrected chi connectivity index (χ3v) is 5.99. The van der Waals surface area contributed by atoms with Crippen LogP contribution in [0, 0.1) is 11.7 Å². The fourth-order valence-electron chi connectivity index (χ4n) is 2.73. The zero-order chi connectivity index (χ0) is 20.5. The van der Waals surface area contributed by atoms with E-state index in [9.17, 15) is 17.6 Å². The van der Waals surface area contributed by atoms with Gasteiger partial charge in [-0.05, 0) is 37.0 Å². The van der Waals surface area contributed by atoms with Crippen molar-refractivity contribution in [3.05, 3.63) is 41.3 Å². The molecule has 1 aliphatic carbocycles. The Morgan fingerprint density at radius 3 is 2.68 bits per heavy atom. The van der Waals surface area contributed by atoms with Gasteiger partial charge in [0.2, 0.25) is 15.9 Å². The van der Waals surface area contributed by atoms with Crippen molar-refractivity contribution in [2.75, 3.05) is 6.54 Å². The molecule has 1 aromatic heterocycles. The molecule has 2 N–H and O–H groups in total. The Morgan fingerprint density at radius 2 is 2.07 bits per heavy atom. The number of carbonyl (C=O) groups excluding carboxylic acids is 1. The van der Waals surface area contributed by atoms with Crippen LogP contribution in [0.5, 0.6) is 0 Å². The van der Waals surface area contributed by atoms with E-state index in [0.29, 0.717) is 11.7 Å². The first kappa shape index (κ1) is 20.4. The van der Waals surface area contributed by atoms with Crippen LogP contribution in [0.25, 0.3) is 0 Å². The van der Waals surface area contributed by atoms with Crippen molar-refractivity contribution in [3.8, 4) is 0 Å². The Hall–Kier alpha value is -2.33. The highest BCUT2D eigenvalue weighted by molar-refractivity contribution is 7.89. The molecule has 1 unspecified atom stereocenters. The van der Waals surface area contributed by atoms with Gasteiger partial charge in [-0.25, -0.2) is 17.5 Å². The quantitative estimate of drug-likeness (QED) is 0.691. The molecule has 1 fully saturated rings. The van der Waals surface area contributed by atoms with E-state index in [1.165, 1.54) is 0 Å². The molecule has 0 spiro atoms. The summed E-state index contributed by atoms with van der Waals surface area (Å²) in [6, 6.07) is 2.47. The molecule has 1 saturated carbocycles. The minimum atomic E-state index is -3.82. The molecular weight excluding hydrogens is 387 g/mol. The number of halogens is 1. The summed E-state index contributed by atoms with van der Waals surface area (Å²) < 4.78 is 46.1. The van der Waals surface area contributed by atoms with Crippen molar-refractivity contribution in [2.45, 2.75) is 50.5 Å². The smallest absolute Gasteiger partial charge is 0.254 e. The van der Waals surface area contributed by atoms with Crippen LogP contribution < -0.4 is 10.0 Å². The number of nitrogens with one attached hydrogen (secondary N) is 2. The van der Waals surface area contributed by atoms with Gasteiger partial charge in [-0.1, -0.05) is 25.9 Å². The summed E-state index contributed by atoms with van der Waals surface area (Å²) in [7, 11) is -3.82. The minimum Gasteiger partial charge on any atom is -0.340 e. The van der Waals surface area contributed by atoms with Crippen molar-refractivity contribution in [1.29, 1.82) is 0 Å². The van der Waals surface area contributed by atoms with Crippen molar-refractivity contribution in [2.24, 2.45) is 5.92 Å². The van der Waals surface area contributed by atoms with Crippen molar-refractivity contribution >= 4 is 15.9 Å². The van der Waals surface area contributed by atoms with Crippen LogP contribution in [-0.2, 0) is 10.0 Å². The number of aromatic nitrogens is 2. The molecule has 0 saturated heterocycles. The standard InChI is InChI=1S/C18H23FN4O4S/c1-4-20-28(25,26)12-7-8-14(19)13(9-12)17(24)21-15(10(2)3)18-22-16(23-27-18)11-5-6-11/h7-11,15,20H,4-6H2,1-3H3,(H,21,24). The first-order valence-electron chi connectivity index (χ1n) is 9.16. The molecule has 28 heavy (non-hydrogen) atoms. The average Bonchev–Trinajstić information content (AvgIpc) is 3.37. The van der Waals surface area contributed by atoms with Crippen LogP contribution in [0.3, 0.4) is 0 Å². The zero-order valence-corrected chi connectivity index (χ0v) is 16.7. The molecule has 1 amide bonds. The van der Waals surface area contributed by atoms with E-state index < -0.39 is 27.8 Å². The van der Waals surface area contributed by atoms with E-state index in [1.807, 2.05) is 13.8 Å². The second kappa shape index (κ2) is 7.96. The predicted octanol–water partition coefficient (Wildman–Crippen LogP) is 2.51. The third-order valence-electron chi connectivity index (χ3n) is 4.45. The second-order valence-corrected chi connectivity index (χ2v) is 8.87. The van der Waals surface area contributed by atoms with Crippen molar-refractivity contribution < 1.29 is 22.1 Å². The normalized spacial score (nSPS) is 15.6. The maximum atomic E-state index is 14.2. The molecule has 3 rings (SSSR count). The molecule has 0 aliphatic heterocycles. The molecular formula is C18H23FN4O4S. The van der Waals surface area contributed by atoms with Crippen molar-refractivity contribution in [1.82, 2.24) is 20.2 Å². The van der Waals surface area contributed by atoms with Gasteiger partial charge in [0.25, 0.3) is 5.91 Å². The lowest BCUT2D eigenvalue weighted by atomic mass is 10.0. The lowest BCUT2D eigenvalue weighted by Gasteiger charge is -2.19. The van der Waals surface area contributed by atoms with Gasteiger partial charge >= 0.3 is 0 Å². The summed E-state index contributed by atoms with van der Waals surface area (Å²) in [5.74, 6) is -0.517. The highest BCUT2D eigenvalue weighted by Gasteiger charge is 2.32. The first-order valence-corrected chi connectivity index (χ1v) is 10.6. The van der Waals surface area contributed by atoms with Crippen LogP contribution in [0.15, 0.2) is 27.6 Å². The number of carbonyl (C=O) groups is 1. The van der Waals surface area contributed by atoms with Gasteiger partial charge in [-0.3, -0.25) is 4.79 Å². The number of rotatable bonds is 8. The maximum Gasteiger partial charge on any atom is 0.254 e. The van der Waals surface area contributed by atoms with E-state index in [0.717, 1.165) is 31.0 Å². The van der Waals surface area contributed by atoms with Crippen LogP contribution in [0.4, 0.5) is 4.39 Å². The molecule has 1 aliphatic rings. The molecule has 152 valence electrons. The SMILES string of the molecule is CCNS(=O)(=O)c1ccc(F)c(C(=O)NC(c2nc(C3CC3)no2)C(C)C)c1. The van der Waals surface area contributed by atoms with E-state index in [4.69, 9.17) is 4.52 Å². The maximum absolute atomic E-state index is 14.2. The van der Waals surface area contributed by atoms with Gasteiger partial charge in [0.05, 0.1) is 10.5 Å². The van der Waals surface area contributed by atoms with Crippen molar-refractivity contribution in [3.63, 3.8) is 0 Å². The fraction of sp³-hybridized carbons (Fsp3) is 0.500. The third kappa shape index (κ3) is 4.39. The zero-order valence-electron chi connectivity index (χ0n) is 15.9. The number of benzene rings is 1. The van der Waals surface area contributed by atoms with Gasteiger partial charge in [0.15, 0.2) is 5.82 Å². The molecule has 1 atom stereocenters. The van der Waals surface area contributed by atoms with Gasteiger partial charge < -0.3 is 9.84 Å². The highest BCUT2D eigenvalue weighted by atomic mass is 32.2. The molecule has 8 nitrogen and oxygen atoms in total. The number of hydrogen-bond acceptors (Lipinski definition) is 6. The Labute approximate surface area is 163 Å². The van der Waals surface area contributed by atoms with Gasteiger partial charge in [0.1, 0.15) is 11.9 Å². The monoisotopic (exact) mass is 410 g/mol. The Bertz CT molecular complexity index is 970. The van der Waals surface area contributed by atoms with Gasteiger partial charge in [-0.2, -0.15) is 4.98 Å². The number of hydrogen-bond donors (Lipinski definition) is 2. The summed E-state index contributed by atoms with van der Waals surface area (Å²) >= 11 is 0. The predicted molar refractivity (Wildman–Crippen MR) is 98.6 cm³/mol. The minimum absolute atomic E-state index is 0.104. The van der Waals surface area contributed by atoms with E-state index in [2.05, 4.69) is 20.2 Å². The summed E-state index contributed by atoms with van der Waals surface area (Å²) in [4.78, 5) is 16.9. The average molecular weight is 410 g/mol. The molecule has 0 bridgehead atoms. The largest absolute Gasteiger partial charge is 0.340 e. The summed E-state index contributed by atoms with van der Waals surface area (Å²) in [5, 5.41) is 6.63. The second-order valence-electron chi connectivity index (χ2n) is 7.10. The highest BCUT2D eigenvalue weighted by Crippen LogP contribution is 2.38. The van der Waals surface area contributed by atoms with Gasteiger partial charge in [0, 0.05) is 12.5 Å². The molecule has 0 radical (unpaired) electrons. The fourth-order valence-corrected chi connectivity index (χ4v) is 3.80. The Kier molecular flexibility index (Phi) is 5.80. The van der Waals surface area contributed by atoms with Crippen LogP contribution >= 0.6 is 0 Å². The topological polar surface area (TPSA) is 114 Å².